The highest BCUT2D eigenvalue weighted by atomic mass is 35.5. The number of urea groups is 1. The monoisotopic (exact) mass is 691 g/mol. The third-order valence-electron chi connectivity index (χ3n) is 7.87. The smallest absolute Gasteiger partial charge is 0.317 e. The molecule has 1 aliphatic heterocycles. The molecule has 0 radical (unpaired) electrons. The topological polar surface area (TPSA) is 147 Å². The van der Waals surface area contributed by atoms with Gasteiger partial charge in [-0.1, -0.05) is 29.3 Å². The molecule has 0 spiro atoms. The lowest BCUT2D eigenvalue weighted by Gasteiger charge is -2.26. The number of amides is 2. The number of ether oxygens (including phenoxy) is 1. The number of benzene rings is 1. The number of hydrogen-bond acceptors (Lipinski definition) is 10. The number of carbonyl (C=O) groups is 1. The number of nitrogens with one attached hydrogen (secondary N) is 3. The van der Waals surface area contributed by atoms with Crippen LogP contribution in [-0.4, -0.2) is 91.9 Å². The van der Waals surface area contributed by atoms with Crippen molar-refractivity contribution in [2.24, 2.45) is 7.05 Å². The van der Waals surface area contributed by atoms with Gasteiger partial charge in [-0.2, -0.15) is 4.98 Å². The van der Waals surface area contributed by atoms with E-state index in [9.17, 15) is 9.59 Å². The Balaban J connectivity index is 1.23. The van der Waals surface area contributed by atoms with Gasteiger partial charge in [-0.3, -0.25) is 18.9 Å². The third-order valence-corrected chi connectivity index (χ3v) is 8.50. The van der Waals surface area contributed by atoms with Crippen molar-refractivity contribution in [1.29, 1.82) is 0 Å². The first-order valence-electron chi connectivity index (χ1n) is 15.3. The van der Waals surface area contributed by atoms with E-state index in [1.165, 1.54) is 9.47 Å². The first kappa shape index (κ1) is 33.2. The molecule has 14 nitrogen and oxygen atoms in total. The largest absolute Gasteiger partial charge is 0.419 e. The Kier molecular flexibility index (Phi) is 10.1. The minimum Gasteiger partial charge on any atom is -0.419 e. The van der Waals surface area contributed by atoms with Gasteiger partial charge in [-0.25, -0.2) is 14.8 Å². The summed E-state index contributed by atoms with van der Waals surface area (Å²) in [5.74, 6) is 0.919. The van der Waals surface area contributed by atoms with Gasteiger partial charge in [0, 0.05) is 95.4 Å². The Bertz CT molecular complexity index is 1990. The molecule has 4 aromatic heterocycles. The molecule has 5 heterocycles. The van der Waals surface area contributed by atoms with Gasteiger partial charge >= 0.3 is 6.03 Å². The molecule has 5 aromatic rings. The summed E-state index contributed by atoms with van der Waals surface area (Å²) in [5.41, 5.74) is 2.04. The van der Waals surface area contributed by atoms with E-state index in [0.717, 1.165) is 39.3 Å². The van der Waals surface area contributed by atoms with Crippen LogP contribution in [0.1, 0.15) is 5.56 Å². The molecule has 1 aromatic carbocycles. The van der Waals surface area contributed by atoms with Crippen molar-refractivity contribution in [3.63, 3.8) is 0 Å². The molecule has 0 unspecified atom stereocenters. The molecule has 16 heteroatoms. The van der Waals surface area contributed by atoms with E-state index < -0.39 is 0 Å². The average Bonchev–Trinajstić information content (AvgIpc) is 3.53. The lowest BCUT2D eigenvalue weighted by molar-refractivity contribution is 0.217. The molecule has 0 saturated carbocycles. The third kappa shape index (κ3) is 7.52. The summed E-state index contributed by atoms with van der Waals surface area (Å²) >= 11 is 12.8. The van der Waals surface area contributed by atoms with Crippen LogP contribution in [0.25, 0.3) is 22.2 Å². The van der Waals surface area contributed by atoms with Crippen LogP contribution in [0.5, 0.6) is 11.8 Å². The summed E-state index contributed by atoms with van der Waals surface area (Å²) < 4.78 is 9.36. The molecule has 6 rings (SSSR count). The lowest BCUT2D eigenvalue weighted by atomic mass is 10.1. The molecule has 0 bridgehead atoms. The van der Waals surface area contributed by atoms with Gasteiger partial charge in [-0.15, -0.1) is 5.10 Å². The fourth-order valence-corrected chi connectivity index (χ4v) is 5.88. The Hall–Kier alpha value is -4.76. The highest BCUT2D eigenvalue weighted by molar-refractivity contribution is 6.39. The number of rotatable bonds is 10. The molecule has 250 valence electrons. The number of piperazine rings is 1. The van der Waals surface area contributed by atoms with E-state index in [0.29, 0.717) is 55.2 Å². The average molecular weight is 693 g/mol. The predicted octanol–water partition coefficient (Wildman–Crippen LogP) is 4.11. The fraction of sp³-hybridized carbons (Fsp3) is 0.312. The zero-order chi connectivity index (χ0) is 33.8. The Morgan fingerprint density at radius 3 is 2.58 bits per heavy atom. The number of aryl methyl sites for hydroxylation is 1. The number of halogens is 2. The Morgan fingerprint density at radius 1 is 1.06 bits per heavy atom. The molecular weight excluding hydrogens is 657 g/mol. The van der Waals surface area contributed by atoms with Crippen molar-refractivity contribution in [1.82, 2.24) is 49.7 Å². The zero-order valence-corrected chi connectivity index (χ0v) is 28.2. The Labute approximate surface area is 286 Å². The normalized spacial score (nSPS) is 13.4. The van der Waals surface area contributed by atoms with E-state index in [-0.39, 0.29) is 24.1 Å². The van der Waals surface area contributed by atoms with Crippen molar-refractivity contribution in [3.05, 3.63) is 81.0 Å². The van der Waals surface area contributed by atoms with Gasteiger partial charge in [0.15, 0.2) is 0 Å². The van der Waals surface area contributed by atoms with Gasteiger partial charge < -0.3 is 25.6 Å². The highest BCUT2D eigenvalue weighted by Gasteiger charge is 2.18. The van der Waals surface area contributed by atoms with E-state index in [2.05, 4.69) is 40.9 Å². The zero-order valence-electron chi connectivity index (χ0n) is 26.7. The maximum atomic E-state index is 13.4. The van der Waals surface area contributed by atoms with Crippen LogP contribution in [0.15, 0.2) is 59.8 Å². The molecule has 48 heavy (non-hydrogen) atoms. The summed E-state index contributed by atoms with van der Waals surface area (Å²) in [5, 5.41) is 15.3. The van der Waals surface area contributed by atoms with E-state index in [4.69, 9.17) is 27.9 Å². The van der Waals surface area contributed by atoms with Crippen molar-refractivity contribution < 1.29 is 9.53 Å². The summed E-state index contributed by atoms with van der Waals surface area (Å²) in [6, 6.07) is 10.1. The quantitative estimate of drug-likeness (QED) is 0.196. The summed E-state index contributed by atoms with van der Waals surface area (Å²) in [6.45, 7) is 5.77. The summed E-state index contributed by atoms with van der Waals surface area (Å²) in [6.07, 6.45) is 5.06. The molecule has 1 fully saturated rings. The number of hydrogen-bond donors (Lipinski definition) is 3. The van der Waals surface area contributed by atoms with Crippen molar-refractivity contribution >= 4 is 51.9 Å². The number of nitrogens with zero attached hydrogens (tertiary/aromatic N) is 8. The van der Waals surface area contributed by atoms with Crippen LogP contribution in [0.3, 0.4) is 0 Å². The van der Waals surface area contributed by atoms with Crippen LogP contribution < -0.4 is 26.2 Å². The van der Waals surface area contributed by atoms with Crippen LogP contribution in [0.2, 0.25) is 10.0 Å². The summed E-state index contributed by atoms with van der Waals surface area (Å²) in [4.78, 5) is 43.1. The van der Waals surface area contributed by atoms with Crippen LogP contribution >= 0.6 is 23.2 Å². The number of anilines is 2. The molecule has 0 aliphatic carbocycles. The van der Waals surface area contributed by atoms with E-state index >= 15 is 0 Å². The molecule has 1 aliphatic rings. The van der Waals surface area contributed by atoms with Gasteiger partial charge in [0.25, 0.3) is 5.56 Å². The van der Waals surface area contributed by atoms with Crippen molar-refractivity contribution in [2.75, 3.05) is 52.1 Å². The predicted molar refractivity (Wildman–Crippen MR) is 185 cm³/mol. The second-order valence-corrected chi connectivity index (χ2v) is 12.3. The first-order valence-corrected chi connectivity index (χ1v) is 16.1. The van der Waals surface area contributed by atoms with Gasteiger partial charge in [0.2, 0.25) is 17.7 Å². The van der Waals surface area contributed by atoms with Crippen LogP contribution in [0.4, 0.5) is 16.4 Å². The fourth-order valence-electron chi connectivity index (χ4n) is 5.28. The second-order valence-electron chi connectivity index (χ2n) is 11.5. The minimum absolute atomic E-state index is 0.138. The highest BCUT2D eigenvalue weighted by Crippen LogP contribution is 2.34. The van der Waals surface area contributed by atoms with E-state index in [1.54, 1.807) is 69.9 Å². The number of fused-ring (bicyclic) bond motifs is 1. The number of aromatic nitrogens is 6. The molecule has 3 N–H and O–H groups in total. The van der Waals surface area contributed by atoms with E-state index in [1.807, 2.05) is 10.9 Å². The van der Waals surface area contributed by atoms with Crippen molar-refractivity contribution in [3.8, 4) is 22.9 Å². The SMILES string of the molecule is CN(C)C(=O)NCc1cc(Nc2ncc3cc(-c4c(Cl)cccc4Cl)c(=O)n(C)c3n2)cnc1Oc1ccn(CCN2CCNCC2)n1. The molecular formula is C32H35Cl2N11O3. The second kappa shape index (κ2) is 14.6. The minimum atomic E-state index is -0.310. The van der Waals surface area contributed by atoms with Gasteiger partial charge in [-0.05, 0) is 24.3 Å². The first-order chi connectivity index (χ1) is 23.2. The number of carbonyl (C=O) groups excluding carboxylic acids is 1. The lowest BCUT2D eigenvalue weighted by Crippen LogP contribution is -2.44. The van der Waals surface area contributed by atoms with Crippen molar-refractivity contribution in [2.45, 2.75) is 13.1 Å². The molecule has 0 atom stereocenters. The number of pyridine rings is 2. The maximum absolute atomic E-state index is 13.4. The van der Waals surface area contributed by atoms with Crippen LogP contribution in [-0.2, 0) is 20.1 Å². The summed E-state index contributed by atoms with van der Waals surface area (Å²) in [7, 11) is 4.94. The Morgan fingerprint density at radius 2 is 1.83 bits per heavy atom. The molecule has 1 saturated heterocycles. The standard InChI is InChI=1S/C32H35Cl2N11O3/c1-42(2)32(47)38-18-21-15-22(19-36-29(21)48-26-7-10-45(41-26)14-13-44-11-8-35-9-12-44)39-31-37-17-20-16-23(30(46)43(3)28(20)40-31)27-24(33)5-4-6-25(27)34/h4-7,10,15-17,19,35H,8-9,11-14,18H2,1-3H3,(H,38,47)(H,37,39,40). The van der Waals surface area contributed by atoms with Crippen LogP contribution in [0, 0.1) is 0 Å². The molecule has 2 amide bonds. The van der Waals surface area contributed by atoms with Gasteiger partial charge in [0.05, 0.1) is 34.0 Å². The maximum Gasteiger partial charge on any atom is 0.317 e. The van der Waals surface area contributed by atoms with Gasteiger partial charge in [0.1, 0.15) is 5.65 Å².